The van der Waals surface area contributed by atoms with E-state index in [2.05, 4.69) is 4.98 Å². The molecule has 4 heteroatoms. The number of nitrogens with zero attached hydrogens (tertiary/aromatic N) is 1. The predicted molar refractivity (Wildman–Crippen MR) is 52.2 cm³/mol. The monoisotopic (exact) mass is 211 g/mol. The minimum absolute atomic E-state index is 0.215. The maximum Gasteiger partial charge on any atom is 0.316 e. The first-order valence-corrected chi connectivity index (χ1v) is 4.78. The lowest BCUT2D eigenvalue weighted by molar-refractivity contribution is -0.143. The highest BCUT2D eigenvalue weighted by atomic mass is 35.5. The van der Waals surface area contributed by atoms with Gasteiger partial charge in [-0.1, -0.05) is 17.7 Å². The number of pyridine rings is 1. The summed E-state index contributed by atoms with van der Waals surface area (Å²) in [5, 5.41) is 0.399. The number of aromatic nitrogens is 1. The normalized spacial score (nSPS) is 17.6. The minimum Gasteiger partial charge on any atom is -0.468 e. The first kappa shape index (κ1) is 9.46. The van der Waals surface area contributed by atoms with E-state index in [0.717, 1.165) is 18.4 Å². The molecular weight excluding hydrogens is 202 g/mol. The SMILES string of the molecule is COC(=O)C1(c2cccnc2Cl)CC1. The standard InChI is InChI=1S/C10H10ClNO2/c1-14-9(13)10(4-5-10)7-3-2-6-12-8(7)11/h2-3,6H,4-5H2,1H3. The molecule has 0 radical (unpaired) electrons. The van der Waals surface area contributed by atoms with Crippen LogP contribution in [0.15, 0.2) is 18.3 Å². The number of esters is 1. The average Bonchev–Trinajstić information content (AvgIpc) is 2.98. The van der Waals surface area contributed by atoms with Gasteiger partial charge in [-0.05, 0) is 18.9 Å². The molecule has 3 nitrogen and oxygen atoms in total. The van der Waals surface area contributed by atoms with E-state index < -0.39 is 5.41 Å². The van der Waals surface area contributed by atoms with Crippen LogP contribution in [0.3, 0.4) is 0 Å². The first-order chi connectivity index (χ1) is 6.70. The summed E-state index contributed by atoms with van der Waals surface area (Å²) < 4.78 is 4.76. The highest BCUT2D eigenvalue weighted by Crippen LogP contribution is 2.50. The van der Waals surface area contributed by atoms with Gasteiger partial charge in [0, 0.05) is 11.8 Å². The van der Waals surface area contributed by atoms with Gasteiger partial charge in [0.1, 0.15) is 5.15 Å². The highest BCUT2D eigenvalue weighted by molar-refractivity contribution is 6.30. The molecule has 1 aromatic rings. The van der Waals surface area contributed by atoms with Crippen molar-refractivity contribution in [2.75, 3.05) is 7.11 Å². The molecule has 1 aromatic heterocycles. The van der Waals surface area contributed by atoms with Gasteiger partial charge in [0.2, 0.25) is 0 Å². The Bertz CT molecular complexity index is 374. The van der Waals surface area contributed by atoms with E-state index in [1.54, 1.807) is 12.3 Å². The molecule has 1 saturated carbocycles. The smallest absolute Gasteiger partial charge is 0.316 e. The Morgan fingerprint density at radius 2 is 2.36 bits per heavy atom. The van der Waals surface area contributed by atoms with Gasteiger partial charge in [-0.15, -0.1) is 0 Å². The van der Waals surface area contributed by atoms with Crippen molar-refractivity contribution in [1.29, 1.82) is 0 Å². The Morgan fingerprint density at radius 1 is 1.64 bits per heavy atom. The van der Waals surface area contributed by atoms with Crippen LogP contribution in [0.1, 0.15) is 18.4 Å². The van der Waals surface area contributed by atoms with Crippen LogP contribution < -0.4 is 0 Å². The molecule has 0 aliphatic heterocycles. The molecule has 1 fully saturated rings. The summed E-state index contributed by atoms with van der Waals surface area (Å²) in [5.74, 6) is -0.215. The van der Waals surface area contributed by atoms with Gasteiger partial charge in [-0.2, -0.15) is 0 Å². The lowest BCUT2D eigenvalue weighted by Crippen LogP contribution is -2.22. The van der Waals surface area contributed by atoms with Crippen LogP contribution in [-0.2, 0) is 14.9 Å². The molecule has 1 heterocycles. The van der Waals surface area contributed by atoms with Crippen molar-refractivity contribution in [2.45, 2.75) is 18.3 Å². The summed E-state index contributed by atoms with van der Waals surface area (Å²) >= 11 is 5.93. The van der Waals surface area contributed by atoms with Crippen molar-refractivity contribution in [3.63, 3.8) is 0 Å². The van der Waals surface area contributed by atoms with E-state index in [-0.39, 0.29) is 5.97 Å². The Kier molecular flexibility index (Phi) is 2.19. The average molecular weight is 212 g/mol. The topological polar surface area (TPSA) is 39.2 Å². The molecule has 0 atom stereocenters. The predicted octanol–water partition coefficient (Wildman–Crippen LogP) is 1.94. The third kappa shape index (κ3) is 1.28. The van der Waals surface area contributed by atoms with Gasteiger partial charge in [0.05, 0.1) is 12.5 Å². The van der Waals surface area contributed by atoms with Crippen LogP contribution in [-0.4, -0.2) is 18.1 Å². The minimum atomic E-state index is -0.514. The van der Waals surface area contributed by atoms with E-state index in [1.165, 1.54) is 7.11 Å². The van der Waals surface area contributed by atoms with Crippen LogP contribution in [0.2, 0.25) is 5.15 Å². The molecule has 0 bridgehead atoms. The third-order valence-electron chi connectivity index (χ3n) is 2.60. The summed E-state index contributed by atoms with van der Waals surface area (Å²) in [6, 6.07) is 3.61. The second-order valence-electron chi connectivity index (χ2n) is 3.42. The van der Waals surface area contributed by atoms with Crippen molar-refractivity contribution < 1.29 is 9.53 Å². The van der Waals surface area contributed by atoms with E-state index >= 15 is 0 Å². The fourth-order valence-electron chi connectivity index (χ4n) is 1.65. The number of hydrogen-bond acceptors (Lipinski definition) is 3. The Morgan fingerprint density at radius 3 is 2.86 bits per heavy atom. The van der Waals surface area contributed by atoms with E-state index in [4.69, 9.17) is 16.3 Å². The van der Waals surface area contributed by atoms with Crippen LogP contribution in [0.25, 0.3) is 0 Å². The summed E-state index contributed by atoms with van der Waals surface area (Å²) in [4.78, 5) is 15.5. The van der Waals surface area contributed by atoms with Crippen molar-refractivity contribution in [1.82, 2.24) is 4.98 Å². The summed E-state index contributed by atoms with van der Waals surface area (Å²) in [6.45, 7) is 0. The fourth-order valence-corrected chi connectivity index (χ4v) is 1.95. The Labute approximate surface area is 87.0 Å². The maximum absolute atomic E-state index is 11.5. The number of methoxy groups -OCH3 is 1. The molecule has 2 rings (SSSR count). The zero-order valence-corrected chi connectivity index (χ0v) is 8.54. The van der Waals surface area contributed by atoms with Crippen molar-refractivity contribution in [3.05, 3.63) is 29.0 Å². The zero-order valence-electron chi connectivity index (χ0n) is 7.79. The third-order valence-corrected chi connectivity index (χ3v) is 2.90. The van der Waals surface area contributed by atoms with Gasteiger partial charge in [0.25, 0.3) is 0 Å². The molecule has 1 aliphatic rings. The Hall–Kier alpha value is -1.09. The zero-order chi connectivity index (χ0) is 10.2. The number of carbonyl (C=O) groups is 1. The molecular formula is C10H10ClNO2. The largest absolute Gasteiger partial charge is 0.468 e. The van der Waals surface area contributed by atoms with Crippen LogP contribution in [0.4, 0.5) is 0 Å². The molecule has 0 unspecified atom stereocenters. The van der Waals surface area contributed by atoms with Gasteiger partial charge < -0.3 is 4.74 Å². The van der Waals surface area contributed by atoms with Crippen molar-refractivity contribution >= 4 is 17.6 Å². The quantitative estimate of drug-likeness (QED) is 0.555. The summed E-state index contributed by atoms with van der Waals surface area (Å²) in [7, 11) is 1.40. The maximum atomic E-state index is 11.5. The van der Waals surface area contributed by atoms with Gasteiger partial charge in [-0.3, -0.25) is 4.79 Å². The highest BCUT2D eigenvalue weighted by Gasteiger charge is 2.53. The van der Waals surface area contributed by atoms with Gasteiger partial charge in [-0.25, -0.2) is 4.98 Å². The van der Waals surface area contributed by atoms with E-state index in [9.17, 15) is 4.79 Å². The molecule has 1 aliphatic carbocycles. The lowest BCUT2D eigenvalue weighted by atomic mass is 9.98. The van der Waals surface area contributed by atoms with Crippen LogP contribution in [0, 0.1) is 0 Å². The molecule has 0 amide bonds. The second kappa shape index (κ2) is 3.24. The van der Waals surface area contributed by atoms with Gasteiger partial charge in [0.15, 0.2) is 0 Å². The second-order valence-corrected chi connectivity index (χ2v) is 3.77. The molecule has 0 saturated heterocycles. The number of halogens is 1. The number of hydrogen-bond donors (Lipinski definition) is 0. The Balaban J connectivity index is 2.40. The summed E-state index contributed by atoms with van der Waals surface area (Å²) in [5.41, 5.74) is 0.272. The number of ether oxygens (including phenoxy) is 1. The summed E-state index contributed by atoms with van der Waals surface area (Å²) in [6.07, 6.45) is 3.20. The fraction of sp³-hybridized carbons (Fsp3) is 0.400. The van der Waals surface area contributed by atoms with Crippen LogP contribution >= 0.6 is 11.6 Å². The van der Waals surface area contributed by atoms with E-state index in [1.807, 2.05) is 6.07 Å². The van der Waals surface area contributed by atoms with Crippen LogP contribution in [0.5, 0.6) is 0 Å². The van der Waals surface area contributed by atoms with Gasteiger partial charge >= 0.3 is 5.97 Å². The van der Waals surface area contributed by atoms with E-state index in [0.29, 0.717) is 5.15 Å². The molecule has 74 valence electrons. The first-order valence-electron chi connectivity index (χ1n) is 4.40. The van der Waals surface area contributed by atoms with Crippen molar-refractivity contribution in [2.24, 2.45) is 0 Å². The molecule has 0 N–H and O–H groups in total. The molecule has 0 aromatic carbocycles. The number of rotatable bonds is 2. The van der Waals surface area contributed by atoms with Crippen molar-refractivity contribution in [3.8, 4) is 0 Å². The molecule has 0 spiro atoms. The molecule has 14 heavy (non-hydrogen) atoms. The number of carbonyl (C=O) groups excluding carboxylic acids is 1. The lowest BCUT2D eigenvalue weighted by Gasteiger charge is -2.13.